The van der Waals surface area contributed by atoms with Gasteiger partial charge in [-0.1, -0.05) is 39.7 Å². The van der Waals surface area contributed by atoms with Crippen molar-refractivity contribution in [3.63, 3.8) is 0 Å². The summed E-state index contributed by atoms with van der Waals surface area (Å²) in [6, 6.07) is 11.1. The first kappa shape index (κ1) is 17.9. The molecule has 0 bridgehead atoms. The fraction of sp³-hybridized carbons (Fsp3) is 0.150. The molecule has 0 atom stereocenters. The maximum absolute atomic E-state index is 12.8. The number of carbonyl (C=O) groups is 1. The van der Waals surface area contributed by atoms with Gasteiger partial charge < -0.3 is 4.90 Å². The number of fused-ring (bicyclic) bond motifs is 2. The fourth-order valence-electron chi connectivity index (χ4n) is 3.11. The van der Waals surface area contributed by atoms with Crippen molar-refractivity contribution in [2.75, 3.05) is 6.54 Å². The van der Waals surface area contributed by atoms with Gasteiger partial charge in [-0.25, -0.2) is 4.98 Å². The van der Waals surface area contributed by atoms with E-state index in [2.05, 4.69) is 20.9 Å². The van der Waals surface area contributed by atoms with Gasteiger partial charge in [-0.05, 0) is 35.9 Å². The standard InChI is InChI=1S/C20H15BrClN3O2/c21-14-4-1-13(2-5-14)3-8-19(26)24-10-9-17-16(12-24)20(27)25-11-15(22)6-7-18(25)23-17/h1-8,11H,9-10,12H2. The third kappa shape index (κ3) is 3.68. The number of pyridine rings is 1. The van der Waals surface area contributed by atoms with Gasteiger partial charge in [0.2, 0.25) is 5.91 Å². The predicted octanol–water partition coefficient (Wildman–Crippen LogP) is 3.71. The lowest BCUT2D eigenvalue weighted by atomic mass is 10.1. The summed E-state index contributed by atoms with van der Waals surface area (Å²) in [5.41, 5.74) is 2.63. The van der Waals surface area contributed by atoms with Crippen LogP contribution in [0.25, 0.3) is 11.7 Å². The quantitative estimate of drug-likeness (QED) is 0.566. The molecule has 1 aromatic carbocycles. The monoisotopic (exact) mass is 443 g/mol. The third-order valence-electron chi connectivity index (χ3n) is 4.53. The predicted molar refractivity (Wildman–Crippen MR) is 109 cm³/mol. The van der Waals surface area contributed by atoms with E-state index in [4.69, 9.17) is 11.6 Å². The fourth-order valence-corrected chi connectivity index (χ4v) is 3.53. The molecule has 0 aliphatic carbocycles. The number of nitrogens with zero attached hydrogens (tertiary/aromatic N) is 3. The lowest BCUT2D eigenvalue weighted by Gasteiger charge is -2.27. The molecule has 0 unspecified atom stereocenters. The van der Waals surface area contributed by atoms with Crippen LogP contribution in [0.5, 0.6) is 0 Å². The number of halogens is 2. The molecule has 3 heterocycles. The van der Waals surface area contributed by atoms with Crippen molar-refractivity contribution in [1.29, 1.82) is 0 Å². The van der Waals surface area contributed by atoms with Gasteiger partial charge in [0, 0.05) is 29.7 Å². The topological polar surface area (TPSA) is 54.7 Å². The molecule has 7 heteroatoms. The van der Waals surface area contributed by atoms with E-state index in [1.54, 1.807) is 29.3 Å². The SMILES string of the molecule is O=C(C=Cc1ccc(Br)cc1)N1CCc2nc3ccc(Cl)cn3c(=O)c2C1. The minimum absolute atomic E-state index is 0.126. The van der Waals surface area contributed by atoms with Crippen molar-refractivity contribution in [1.82, 2.24) is 14.3 Å². The zero-order chi connectivity index (χ0) is 19.0. The molecule has 1 aliphatic heterocycles. The van der Waals surface area contributed by atoms with Crippen molar-refractivity contribution in [2.45, 2.75) is 13.0 Å². The molecule has 27 heavy (non-hydrogen) atoms. The number of carbonyl (C=O) groups excluding carboxylic acids is 1. The van der Waals surface area contributed by atoms with Crippen molar-refractivity contribution in [3.8, 4) is 0 Å². The zero-order valence-electron chi connectivity index (χ0n) is 14.2. The second-order valence-electron chi connectivity index (χ2n) is 6.31. The highest BCUT2D eigenvalue weighted by molar-refractivity contribution is 9.10. The Hall–Kier alpha value is -2.44. The summed E-state index contributed by atoms with van der Waals surface area (Å²) in [6.07, 6.45) is 5.43. The number of benzene rings is 1. The molecular formula is C20H15BrClN3O2. The average Bonchev–Trinajstić information content (AvgIpc) is 2.68. The molecule has 1 amide bonds. The minimum Gasteiger partial charge on any atom is -0.334 e. The van der Waals surface area contributed by atoms with Crippen LogP contribution in [0.15, 0.2) is 57.9 Å². The number of hydrogen-bond donors (Lipinski definition) is 0. The van der Waals surface area contributed by atoms with E-state index < -0.39 is 0 Å². The molecule has 1 aliphatic rings. The van der Waals surface area contributed by atoms with E-state index >= 15 is 0 Å². The lowest BCUT2D eigenvalue weighted by molar-refractivity contribution is -0.126. The van der Waals surface area contributed by atoms with Crippen LogP contribution in [-0.4, -0.2) is 26.7 Å². The Bertz CT molecular complexity index is 1120. The second-order valence-corrected chi connectivity index (χ2v) is 7.66. The van der Waals surface area contributed by atoms with E-state index in [1.807, 2.05) is 24.3 Å². The summed E-state index contributed by atoms with van der Waals surface area (Å²) < 4.78 is 2.42. The van der Waals surface area contributed by atoms with Gasteiger partial charge in [0.1, 0.15) is 5.65 Å². The van der Waals surface area contributed by atoms with Crippen LogP contribution in [0.2, 0.25) is 5.02 Å². The highest BCUT2D eigenvalue weighted by atomic mass is 79.9. The van der Waals surface area contributed by atoms with Gasteiger partial charge in [0.15, 0.2) is 0 Å². The van der Waals surface area contributed by atoms with Crippen molar-refractivity contribution in [2.24, 2.45) is 0 Å². The maximum Gasteiger partial charge on any atom is 0.263 e. The van der Waals surface area contributed by atoms with Gasteiger partial charge in [0.25, 0.3) is 5.56 Å². The second kappa shape index (κ2) is 7.29. The first-order valence-corrected chi connectivity index (χ1v) is 9.60. The van der Waals surface area contributed by atoms with Crippen LogP contribution >= 0.6 is 27.5 Å². The van der Waals surface area contributed by atoms with E-state index in [0.29, 0.717) is 29.2 Å². The molecule has 0 N–H and O–H groups in total. The van der Waals surface area contributed by atoms with Crippen molar-refractivity contribution >= 4 is 45.2 Å². The van der Waals surface area contributed by atoms with E-state index in [1.165, 1.54) is 10.5 Å². The molecule has 136 valence electrons. The third-order valence-corrected chi connectivity index (χ3v) is 5.29. The van der Waals surface area contributed by atoms with E-state index in [9.17, 15) is 9.59 Å². The van der Waals surface area contributed by atoms with Gasteiger partial charge in [-0.15, -0.1) is 0 Å². The Morgan fingerprint density at radius 1 is 1.19 bits per heavy atom. The number of amides is 1. The summed E-state index contributed by atoms with van der Waals surface area (Å²) >= 11 is 9.38. The first-order chi connectivity index (χ1) is 13.0. The van der Waals surface area contributed by atoms with Gasteiger partial charge >= 0.3 is 0 Å². The Morgan fingerprint density at radius 2 is 1.96 bits per heavy atom. The summed E-state index contributed by atoms with van der Waals surface area (Å²) in [4.78, 5) is 31.6. The highest BCUT2D eigenvalue weighted by Gasteiger charge is 2.23. The smallest absolute Gasteiger partial charge is 0.263 e. The maximum atomic E-state index is 12.8. The summed E-state index contributed by atoms with van der Waals surface area (Å²) in [6.45, 7) is 0.785. The largest absolute Gasteiger partial charge is 0.334 e. The van der Waals surface area contributed by atoms with Crippen molar-refractivity contribution < 1.29 is 4.79 Å². The van der Waals surface area contributed by atoms with Crippen LogP contribution in [0.1, 0.15) is 16.8 Å². The van der Waals surface area contributed by atoms with Crippen LogP contribution in [0.3, 0.4) is 0 Å². The first-order valence-electron chi connectivity index (χ1n) is 8.43. The summed E-state index contributed by atoms with van der Waals surface area (Å²) in [5.74, 6) is -0.126. The van der Waals surface area contributed by atoms with Crippen LogP contribution < -0.4 is 5.56 Å². The zero-order valence-corrected chi connectivity index (χ0v) is 16.6. The molecule has 0 fully saturated rings. The normalized spacial score (nSPS) is 13.9. The summed E-state index contributed by atoms with van der Waals surface area (Å²) in [5, 5.41) is 0.465. The number of rotatable bonds is 2. The molecule has 0 spiro atoms. The molecule has 0 saturated heterocycles. The molecule has 3 aromatic rings. The van der Waals surface area contributed by atoms with Gasteiger partial charge in [-0.3, -0.25) is 14.0 Å². The average molecular weight is 445 g/mol. The van der Waals surface area contributed by atoms with Gasteiger partial charge in [0.05, 0.1) is 22.8 Å². The summed E-state index contributed by atoms with van der Waals surface area (Å²) in [7, 11) is 0. The minimum atomic E-state index is -0.174. The highest BCUT2D eigenvalue weighted by Crippen LogP contribution is 2.17. The number of aromatic nitrogens is 2. The molecule has 0 radical (unpaired) electrons. The molecule has 4 rings (SSSR count). The van der Waals surface area contributed by atoms with Crippen LogP contribution in [0, 0.1) is 0 Å². The van der Waals surface area contributed by atoms with Crippen LogP contribution in [-0.2, 0) is 17.8 Å². The van der Waals surface area contributed by atoms with E-state index in [-0.39, 0.29) is 18.0 Å². The molecule has 5 nitrogen and oxygen atoms in total. The Balaban J connectivity index is 1.59. The molecule has 0 saturated carbocycles. The van der Waals surface area contributed by atoms with Crippen LogP contribution in [0.4, 0.5) is 0 Å². The Kier molecular flexibility index (Phi) is 4.85. The lowest BCUT2D eigenvalue weighted by Crippen LogP contribution is -2.39. The van der Waals surface area contributed by atoms with E-state index in [0.717, 1.165) is 15.7 Å². The Labute approximate surface area is 169 Å². The number of hydrogen-bond acceptors (Lipinski definition) is 3. The Morgan fingerprint density at radius 3 is 2.74 bits per heavy atom. The molecular weight excluding hydrogens is 430 g/mol. The van der Waals surface area contributed by atoms with Crippen molar-refractivity contribution in [3.05, 3.63) is 85.3 Å². The molecule has 2 aromatic heterocycles. The van der Waals surface area contributed by atoms with Gasteiger partial charge in [-0.2, -0.15) is 0 Å².